The first-order chi connectivity index (χ1) is 15.6. The molecule has 0 amide bonds. The highest BCUT2D eigenvalue weighted by Gasteiger charge is 2.46. The molecule has 2 aliphatic heterocycles. The van der Waals surface area contributed by atoms with Gasteiger partial charge < -0.3 is 14.8 Å². The number of nitrogens with one attached hydrogen (secondary N) is 1. The zero-order chi connectivity index (χ0) is 21.7. The molecule has 166 valence electrons. The summed E-state index contributed by atoms with van der Waals surface area (Å²) in [7, 11) is 0. The molecular formula is C24H23F2N3O2S. The Bertz CT molecular complexity index is 1160. The quantitative estimate of drug-likeness (QED) is 0.537. The van der Waals surface area contributed by atoms with Crippen LogP contribution >= 0.6 is 11.3 Å². The van der Waals surface area contributed by atoms with Crippen LogP contribution in [-0.2, 0) is 5.54 Å². The molecule has 6 rings (SSSR count). The van der Waals surface area contributed by atoms with E-state index in [-0.39, 0.29) is 24.2 Å². The lowest BCUT2D eigenvalue weighted by Crippen LogP contribution is -2.26. The third kappa shape index (κ3) is 3.51. The van der Waals surface area contributed by atoms with Gasteiger partial charge in [0.1, 0.15) is 11.6 Å². The van der Waals surface area contributed by atoms with E-state index in [1.807, 2.05) is 12.1 Å². The number of ether oxygens (including phenoxy) is 2. The summed E-state index contributed by atoms with van der Waals surface area (Å²) < 4.78 is 39.7. The number of fused-ring (bicyclic) bond motifs is 1. The highest BCUT2D eigenvalue weighted by Crippen LogP contribution is 2.51. The number of anilines is 1. The average Bonchev–Trinajstić information content (AvgIpc) is 3.21. The number of hydrogen-bond acceptors (Lipinski definition) is 6. The van der Waals surface area contributed by atoms with Gasteiger partial charge in [-0.3, -0.25) is 4.90 Å². The lowest BCUT2D eigenvalue weighted by atomic mass is 10.0. The van der Waals surface area contributed by atoms with E-state index in [1.165, 1.54) is 29.5 Å². The molecule has 1 saturated carbocycles. The molecule has 0 radical (unpaired) electrons. The van der Waals surface area contributed by atoms with Gasteiger partial charge in [-0.25, -0.2) is 13.8 Å². The van der Waals surface area contributed by atoms with Crippen molar-refractivity contribution in [2.75, 3.05) is 25.2 Å². The fourth-order valence-corrected chi connectivity index (χ4v) is 5.80. The van der Waals surface area contributed by atoms with Gasteiger partial charge in [-0.15, -0.1) is 11.3 Å². The maximum Gasteiger partial charge on any atom is 0.231 e. The third-order valence-corrected chi connectivity index (χ3v) is 7.54. The second-order valence-electron chi connectivity index (χ2n) is 8.65. The second kappa shape index (κ2) is 7.71. The van der Waals surface area contributed by atoms with Crippen molar-refractivity contribution in [2.45, 2.75) is 37.3 Å². The highest BCUT2D eigenvalue weighted by molar-refractivity contribution is 7.15. The summed E-state index contributed by atoms with van der Waals surface area (Å²) in [5, 5.41) is 4.39. The van der Waals surface area contributed by atoms with E-state index in [0.29, 0.717) is 5.56 Å². The molecule has 5 nitrogen and oxygen atoms in total. The van der Waals surface area contributed by atoms with Crippen molar-refractivity contribution >= 4 is 16.5 Å². The molecule has 0 bridgehead atoms. The van der Waals surface area contributed by atoms with Crippen molar-refractivity contribution in [3.05, 3.63) is 70.2 Å². The van der Waals surface area contributed by atoms with Crippen molar-refractivity contribution < 1.29 is 18.3 Å². The Kier molecular flexibility index (Phi) is 4.80. The number of rotatable bonds is 6. The molecule has 1 aliphatic carbocycles. The Balaban J connectivity index is 1.29. The molecule has 3 aromatic rings. The first kappa shape index (κ1) is 19.9. The summed E-state index contributed by atoms with van der Waals surface area (Å²) in [6.45, 7) is 1.98. The van der Waals surface area contributed by atoms with Gasteiger partial charge in [-0.1, -0.05) is 6.07 Å². The van der Waals surface area contributed by atoms with Gasteiger partial charge in [-0.2, -0.15) is 0 Å². The minimum atomic E-state index is -0.423. The summed E-state index contributed by atoms with van der Waals surface area (Å²) in [5.74, 6) is 0.733. The zero-order valence-corrected chi connectivity index (χ0v) is 18.3. The molecule has 1 N–H and O–H groups in total. The molecule has 3 heterocycles. The fourth-order valence-electron chi connectivity index (χ4n) is 4.73. The molecular weight excluding hydrogens is 432 g/mol. The smallest absolute Gasteiger partial charge is 0.231 e. The summed E-state index contributed by atoms with van der Waals surface area (Å²) in [6.07, 6.45) is 5.91. The summed E-state index contributed by atoms with van der Waals surface area (Å²) in [4.78, 5) is 7.76. The molecule has 32 heavy (non-hydrogen) atoms. The minimum Gasteiger partial charge on any atom is -0.454 e. The number of likely N-dealkylation sites (tertiary alicyclic amines) is 1. The van der Waals surface area contributed by atoms with E-state index >= 15 is 0 Å². The largest absolute Gasteiger partial charge is 0.454 e. The minimum absolute atomic E-state index is 0.177. The topological polar surface area (TPSA) is 46.6 Å². The standard InChI is InChI=1S/C24H23F2N3O2S/c25-16-4-5-18(26)17(12-16)22(29-9-1-2-10-29)21-13-27-23(32-21)28-24(7-8-24)15-3-6-19-20(11-15)31-14-30-19/h3-6,11-13,22H,1-2,7-10,14H2,(H,27,28). The molecule has 1 unspecified atom stereocenters. The Hall–Kier alpha value is -2.71. The lowest BCUT2D eigenvalue weighted by Gasteiger charge is -2.27. The fraction of sp³-hybridized carbons (Fsp3) is 0.375. The second-order valence-corrected chi connectivity index (χ2v) is 9.72. The van der Waals surface area contributed by atoms with Crippen LogP contribution in [0.1, 0.15) is 47.7 Å². The number of nitrogens with zero attached hydrogens (tertiary/aromatic N) is 2. The van der Waals surface area contributed by atoms with Gasteiger partial charge in [0.15, 0.2) is 16.6 Å². The van der Waals surface area contributed by atoms with Crippen LogP contribution in [0.3, 0.4) is 0 Å². The zero-order valence-electron chi connectivity index (χ0n) is 17.4. The number of hydrogen-bond donors (Lipinski definition) is 1. The van der Waals surface area contributed by atoms with Crippen LogP contribution in [-0.4, -0.2) is 29.8 Å². The maximum atomic E-state index is 14.7. The molecule has 1 atom stereocenters. The van der Waals surface area contributed by atoms with Crippen LogP contribution in [0.15, 0.2) is 42.6 Å². The number of halogens is 2. The first-order valence-electron chi connectivity index (χ1n) is 10.9. The van der Waals surface area contributed by atoms with Crippen LogP contribution in [0.25, 0.3) is 0 Å². The highest BCUT2D eigenvalue weighted by atomic mass is 32.1. The Morgan fingerprint density at radius 3 is 2.66 bits per heavy atom. The van der Waals surface area contributed by atoms with E-state index in [2.05, 4.69) is 21.3 Å². The predicted octanol–water partition coefficient (Wildman–Crippen LogP) is 5.44. The molecule has 3 aliphatic rings. The summed E-state index contributed by atoms with van der Waals surface area (Å²) in [5.41, 5.74) is 1.34. The Morgan fingerprint density at radius 2 is 1.84 bits per heavy atom. The van der Waals surface area contributed by atoms with Gasteiger partial charge in [0, 0.05) is 16.6 Å². The Morgan fingerprint density at radius 1 is 1.03 bits per heavy atom. The average molecular weight is 456 g/mol. The normalized spacial score (nSPS) is 19.8. The van der Waals surface area contributed by atoms with Gasteiger partial charge in [-0.05, 0) is 74.7 Å². The maximum absolute atomic E-state index is 14.7. The van der Waals surface area contributed by atoms with E-state index in [0.717, 1.165) is 65.8 Å². The monoisotopic (exact) mass is 455 g/mol. The van der Waals surface area contributed by atoms with E-state index in [9.17, 15) is 8.78 Å². The summed E-state index contributed by atoms with van der Waals surface area (Å²) in [6, 6.07) is 9.42. The molecule has 1 aromatic heterocycles. The van der Waals surface area contributed by atoms with Crippen molar-refractivity contribution in [2.24, 2.45) is 0 Å². The van der Waals surface area contributed by atoms with Gasteiger partial charge in [0.2, 0.25) is 6.79 Å². The van der Waals surface area contributed by atoms with Crippen LogP contribution in [0.4, 0.5) is 13.9 Å². The SMILES string of the molecule is Fc1ccc(F)c(C(c2cnc(NC3(c4ccc5c(c4)OCO5)CC3)s2)N2CCCC2)c1. The van der Waals surface area contributed by atoms with E-state index in [1.54, 1.807) is 6.20 Å². The molecule has 2 fully saturated rings. The van der Waals surface area contributed by atoms with Crippen LogP contribution in [0.5, 0.6) is 11.5 Å². The van der Waals surface area contributed by atoms with Gasteiger partial charge in [0.05, 0.1) is 11.6 Å². The van der Waals surface area contributed by atoms with Crippen molar-refractivity contribution in [1.29, 1.82) is 0 Å². The van der Waals surface area contributed by atoms with Gasteiger partial charge in [0.25, 0.3) is 0 Å². The Labute approximate surface area is 189 Å². The molecule has 1 saturated heterocycles. The molecule has 2 aromatic carbocycles. The van der Waals surface area contributed by atoms with Crippen LogP contribution < -0.4 is 14.8 Å². The number of aromatic nitrogens is 1. The van der Waals surface area contributed by atoms with E-state index < -0.39 is 5.82 Å². The lowest BCUT2D eigenvalue weighted by molar-refractivity contribution is 0.174. The van der Waals surface area contributed by atoms with Gasteiger partial charge >= 0.3 is 0 Å². The van der Waals surface area contributed by atoms with Crippen molar-refractivity contribution in [1.82, 2.24) is 9.88 Å². The van der Waals surface area contributed by atoms with Crippen LogP contribution in [0.2, 0.25) is 0 Å². The van der Waals surface area contributed by atoms with Crippen molar-refractivity contribution in [3.8, 4) is 11.5 Å². The van der Waals surface area contributed by atoms with E-state index in [4.69, 9.17) is 9.47 Å². The van der Waals surface area contributed by atoms with Crippen LogP contribution in [0, 0.1) is 11.6 Å². The first-order valence-corrected chi connectivity index (χ1v) is 11.8. The molecule has 8 heteroatoms. The third-order valence-electron chi connectivity index (χ3n) is 6.57. The molecule has 0 spiro atoms. The number of thiazole rings is 1. The van der Waals surface area contributed by atoms with Crippen molar-refractivity contribution in [3.63, 3.8) is 0 Å². The number of benzene rings is 2. The summed E-state index contributed by atoms with van der Waals surface area (Å²) >= 11 is 1.52. The predicted molar refractivity (Wildman–Crippen MR) is 118 cm³/mol.